The monoisotopic (exact) mass is 338 g/mol. The molecule has 1 N–H and O–H groups in total. The van der Waals surface area contributed by atoms with Crippen molar-refractivity contribution in [3.63, 3.8) is 0 Å². The first-order valence-electron chi connectivity index (χ1n) is 6.46. The first-order valence-corrected chi connectivity index (χ1v) is 7.25. The van der Waals surface area contributed by atoms with Crippen molar-refractivity contribution in [3.8, 4) is 11.3 Å². The molecule has 108 valence electrons. The van der Waals surface area contributed by atoms with Gasteiger partial charge in [-0.15, -0.1) is 0 Å². The number of aliphatic hydroxyl groups is 1. The van der Waals surface area contributed by atoms with Gasteiger partial charge in [0.1, 0.15) is 0 Å². The second-order valence-corrected chi connectivity index (χ2v) is 6.44. The lowest BCUT2D eigenvalue weighted by molar-refractivity contribution is 0.0403. The van der Waals surface area contributed by atoms with Crippen LogP contribution < -0.4 is 0 Å². The molecule has 0 radical (unpaired) electrons. The van der Waals surface area contributed by atoms with E-state index in [2.05, 4.69) is 20.9 Å². The molecule has 2 rings (SSSR count). The number of aromatic nitrogens is 1. The fourth-order valence-electron chi connectivity index (χ4n) is 2.12. The van der Waals surface area contributed by atoms with Gasteiger partial charge in [0.2, 0.25) is 5.89 Å². The molecular formula is C15H19BrN2O2. The standard InChI is InChI=1S/C15H19BrN2O2/c1-15(2,19)10-18(3)9-14-17-8-13(20-14)11-6-4-5-7-12(11)16/h4-8,19H,9-10H2,1-3H3. The van der Waals surface area contributed by atoms with Crippen molar-refractivity contribution in [3.05, 3.63) is 40.8 Å². The van der Waals surface area contributed by atoms with Gasteiger partial charge in [0.25, 0.3) is 0 Å². The Labute approximate surface area is 127 Å². The lowest BCUT2D eigenvalue weighted by Crippen LogP contribution is -2.35. The van der Waals surface area contributed by atoms with Crippen LogP contribution in [0.2, 0.25) is 0 Å². The van der Waals surface area contributed by atoms with E-state index in [1.807, 2.05) is 36.2 Å². The van der Waals surface area contributed by atoms with Gasteiger partial charge in [-0.1, -0.05) is 34.1 Å². The molecule has 0 fully saturated rings. The zero-order valence-corrected chi connectivity index (χ0v) is 13.5. The maximum absolute atomic E-state index is 9.79. The summed E-state index contributed by atoms with van der Waals surface area (Å²) >= 11 is 3.50. The highest BCUT2D eigenvalue weighted by molar-refractivity contribution is 9.10. The number of halogens is 1. The number of nitrogens with zero attached hydrogens (tertiary/aromatic N) is 2. The Bertz CT molecular complexity index is 575. The van der Waals surface area contributed by atoms with E-state index >= 15 is 0 Å². The number of oxazole rings is 1. The molecule has 1 aromatic carbocycles. The Morgan fingerprint density at radius 2 is 2.05 bits per heavy atom. The highest BCUT2D eigenvalue weighted by atomic mass is 79.9. The summed E-state index contributed by atoms with van der Waals surface area (Å²) < 4.78 is 6.75. The van der Waals surface area contributed by atoms with Gasteiger partial charge in [-0.25, -0.2) is 4.98 Å². The molecule has 0 aliphatic heterocycles. The first kappa shape index (κ1) is 15.2. The van der Waals surface area contributed by atoms with E-state index in [4.69, 9.17) is 4.42 Å². The molecule has 0 saturated heterocycles. The second-order valence-electron chi connectivity index (χ2n) is 5.58. The summed E-state index contributed by atoms with van der Waals surface area (Å²) in [4.78, 5) is 6.27. The van der Waals surface area contributed by atoms with Crippen molar-refractivity contribution < 1.29 is 9.52 Å². The number of rotatable bonds is 5. The molecule has 0 saturated carbocycles. The molecule has 0 aliphatic carbocycles. The van der Waals surface area contributed by atoms with Crippen molar-refractivity contribution in [2.45, 2.75) is 26.0 Å². The van der Waals surface area contributed by atoms with Crippen molar-refractivity contribution in [2.75, 3.05) is 13.6 Å². The van der Waals surface area contributed by atoms with Gasteiger partial charge in [-0.05, 0) is 27.0 Å². The van der Waals surface area contributed by atoms with E-state index in [9.17, 15) is 5.11 Å². The molecule has 0 amide bonds. The average molecular weight is 339 g/mol. The van der Waals surface area contributed by atoms with Gasteiger partial charge in [-0.3, -0.25) is 4.90 Å². The molecule has 20 heavy (non-hydrogen) atoms. The lowest BCUT2D eigenvalue weighted by Gasteiger charge is -2.24. The van der Waals surface area contributed by atoms with Crippen molar-refractivity contribution in [2.24, 2.45) is 0 Å². The summed E-state index contributed by atoms with van der Waals surface area (Å²) in [5.74, 6) is 1.38. The fourth-order valence-corrected chi connectivity index (χ4v) is 2.60. The van der Waals surface area contributed by atoms with Crippen molar-refractivity contribution in [1.29, 1.82) is 0 Å². The molecule has 0 aliphatic rings. The number of hydrogen-bond acceptors (Lipinski definition) is 4. The number of hydrogen-bond donors (Lipinski definition) is 1. The second kappa shape index (κ2) is 6.08. The van der Waals surface area contributed by atoms with Crippen LogP contribution >= 0.6 is 15.9 Å². The summed E-state index contributed by atoms with van der Waals surface area (Å²) in [5.41, 5.74) is 0.253. The molecule has 1 aromatic heterocycles. The van der Waals surface area contributed by atoms with Gasteiger partial charge >= 0.3 is 0 Å². The van der Waals surface area contributed by atoms with E-state index in [1.165, 1.54) is 0 Å². The van der Waals surface area contributed by atoms with Crippen LogP contribution in [-0.4, -0.2) is 34.2 Å². The minimum Gasteiger partial charge on any atom is -0.439 e. The van der Waals surface area contributed by atoms with Crippen LogP contribution in [0.4, 0.5) is 0 Å². The average Bonchev–Trinajstić information content (AvgIpc) is 2.75. The largest absolute Gasteiger partial charge is 0.439 e. The molecule has 0 atom stereocenters. The smallest absolute Gasteiger partial charge is 0.209 e. The predicted molar refractivity (Wildman–Crippen MR) is 82.3 cm³/mol. The quantitative estimate of drug-likeness (QED) is 0.908. The highest BCUT2D eigenvalue weighted by Gasteiger charge is 2.17. The topological polar surface area (TPSA) is 49.5 Å². The zero-order valence-electron chi connectivity index (χ0n) is 11.9. The maximum atomic E-state index is 9.79. The van der Waals surface area contributed by atoms with E-state index < -0.39 is 5.60 Å². The van der Waals surface area contributed by atoms with E-state index in [1.54, 1.807) is 20.0 Å². The summed E-state index contributed by atoms with van der Waals surface area (Å²) in [5, 5.41) is 9.79. The van der Waals surface area contributed by atoms with E-state index in [0.29, 0.717) is 19.0 Å². The SMILES string of the molecule is CN(Cc1ncc(-c2ccccc2Br)o1)CC(C)(C)O. The van der Waals surface area contributed by atoms with Crippen LogP contribution in [0, 0.1) is 0 Å². The Kier molecular flexibility index (Phi) is 4.62. The molecule has 0 spiro atoms. The summed E-state index contributed by atoms with van der Waals surface area (Å²) in [6.07, 6.45) is 1.73. The van der Waals surface area contributed by atoms with Crippen LogP contribution in [-0.2, 0) is 6.54 Å². The van der Waals surface area contributed by atoms with Crippen LogP contribution in [0.3, 0.4) is 0 Å². The minimum atomic E-state index is -0.730. The van der Waals surface area contributed by atoms with Crippen LogP contribution in [0.5, 0.6) is 0 Å². The van der Waals surface area contributed by atoms with Crippen LogP contribution in [0.25, 0.3) is 11.3 Å². The first-order chi connectivity index (χ1) is 9.35. The third-order valence-electron chi connectivity index (χ3n) is 2.75. The van der Waals surface area contributed by atoms with Crippen molar-refractivity contribution >= 4 is 15.9 Å². The summed E-state index contributed by atoms with van der Waals surface area (Å²) in [6, 6.07) is 7.87. The van der Waals surface area contributed by atoms with Gasteiger partial charge in [-0.2, -0.15) is 0 Å². The third-order valence-corrected chi connectivity index (χ3v) is 3.45. The Hall–Kier alpha value is -1.17. The maximum Gasteiger partial charge on any atom is 0.209 e. The zero-order chi connectivity index (χ0) is 14.8. The Morgan fingerprint density at radius 3 is 2.70 bits per heavy atom. The third kappa shape index (κ3) is 4.16. The molecule has 2 aromatic rings. The van der Waals surface area contributed by atoms with Gasteiger partial charge in [0.15, 0.2) is 5.76 Å². The van der Waals surface area contributed by atoms with Gasteiger partial charge in [0.05, 0.1) is 18.3 Å². The normalized spacial score (nSPS) is 12.1. The van der Waals surface area contributed by atoms with E-state index in [0.717, 1.165) is 15.8 Å². The van der Waals surface area contributed by atoms with E-state index in [-0.39, 0.29) is 0 Å². The fraction of sp³-hybridized carbons (Fsp3) is 0.400. The Balaban J connectivity index is 2.08. The molecule has 4 nitrogen and oxygen atoms in total. The van der Waals surface area contributed by atoms with Gasteiger partial charge < -0.3 is 9.52 Å². The highest BCUT2D eigenvalue weighted by Crippen LogP contribution is 2.28. The van der Waals surface area contributed by atoms with Gasteiger partial charge in [0, 0.05) is 16.6 Å². The Morgan fingerprint density at radius 1 is 1.35 bits per heavy atom. The van der Waals surface area contributed by atoms with Crippen molar-refractivity contribution in [1.82, 2.24) is 9.88 Å². The minimum absolute atomic E-state index is 0.555. The lowest BCUT2D eigenvalue weighted by atomic mass is 10.1. The van der Waals surface area contributed by atoms with Crippen LogP contribution in [0.1, 0.15) is 19.7 Å². The van der Waals surface area contributed by atoms with Crippen LogP contribution in [0.15, 0.2) is 39.4 Å². The molecule has 0 unspecified atom stereocenters. The predicted octanol–water partition coefficient (Wildman–Crippen LogP) is 3.31. The summed E-state index contributed by atoms with van der Waals surface area (Å²) in [6.45, 7) is 4.69. The number of likely N-dealkylation sites (N-methyl/N-ethyl adjacent to an activating group) is 1. The molecular weight excluding hydrogens is 320 g/mol. The molecule has 5 heteroatoms. The molecule has 0 bridgehead atoms. The molecule has 1 heterocycles. The number of benzene rings is 1. The summed E-state index contributed by atoms with van der Waals surface area (Å²) in [7, 11) is 1.93.